The van der Waals surface area contributed by atoms with E-state index in [9.17, 15) is 17.9 Å². The second kappa shape index (κ2) is 4.45. The number of nitrogens with one attached hydrogen (secondary N) is 1. The second-order valence-corrected chi connectivity index (χ2v) is 7.70. The van der Waals surface area contributed by atoms with Gasteiger partial charge in [0.15, 0.2) is 9.84 Å². The predicted octanol–water partition coefficient (Wildman–Crippen LogP) is 1.80. The molecule has 2 N–H and O–H groups in total. The maximum Gasteiger partial charge on any atom is 0.175 e. The summed E-state index contributed by atoms with van der Waals surface area (Å²) in [5.74, 6) is -0.496. The zero-order chi connectivity index (χ0) is 14.4. The van der Waals surface area contributed by atoms with Crippen molar-refractivity contribution in [3.05, 3.63) is 24.0 Å². The lowest BCUT2D eigenvalue weighted by atomic mass is 9.64. The number of sulfone groups is 1. The van der Waals surface area contributed by atoms with Crippen LogP contribution in [0.2, 0.25) is 0 Å². The lowest BCUT2D eigenvalue weighted by molar-refractivity contribution is -0.0511. The standard InChI is InChI=1S/C13H18FNO3S/c1-13(2)11(7-12(13)16)15-10-6-8(19(3,17)18)4-5-9(10)14/h4-6,11-12,15-16H,7H2,1-3H3. The Bertz CT molecular complexity index is 598. The van der Waals surface area contributed by atoms with Gasteiger partial charge in [-0.05, 0) is 24.6 Å². The van der Waals surface area contributed by atoms with E-state index in [0.29, 0.717) is 6.42 Å². The van der Waals surface area contributed by atoms with E-state index >= 15 is 0 Å². The maximum atomic E-state index is 13.7. The number of hydrogen-bond donors (Lipinski definition) is 2. The Kier molecular flexibility index (Phi) is 3.35. The molecule has 1 fully saturated rings. The summed E-state index contributed by atoms with van der Waals surface area (Å²) >= 11 is 0. The van der Waals surface area contributed by atoms with E-state index in [2.05, 4.69) is 5.32 Å². The van der Waals surface area contributed by atoms with Crippen molar-refractivity contribution in [2.45, 2.75) is 37.3 Å². The normalized spacial score (nSPS) is 25.7. The molecule has 1 aromatic rings. The first-order valence-corrected chi connectivity index (χ1v) is 7.95. The molecule has 0 spiro atoms. The molecule has 106 valence electrons. The van der Waals surface area contributed by atoms with Crippen LogP contribution in [0.15, 0.2) is 23.1 Å². The summed E-state index contributed by atoms with van der Waals surface area (Å²) in [5, 5.41) is 12.6. The zero-order valence-corrected chi connectivity index (χ0v) is 12.0. The summed E-state index contributed by atoms with van der Waals surface area (Å²) in [5.41, 5.74) is -0.194. The molecule has 4 nitrogen and oxygen atoms in total. The number of aliphatic hydroxyl groups is 1. The van der Waals surface area contributed by atoms with E-state index in [1.807, 2.05) is 13.8 Å². The number of rotatable bonds is 3. The second-order valence-electron chi connectivity index (χ2n) is 5.68. The van der Waals surface area contributed by atoms with Crippen molar-refractivity contribution >= 4 is 15.5 Å². The fourth-order valence-corrected chi connectivity index (χ4v) is 2.83. The highest BCUT2D eigenvalue weighted by molar-refractivity contribution is 7.90. The summed E-state index contributed by atoms with van der Waals surface area (Å²) in [7, 11) is -3.36. The molecule has 0 saturated heterocycles. The van der Waals surface area contributed by atoms with Gasteiger partial charge in [-0.2, -0.15) is 0 Å². The highest BCUT2D eigenvalue weighted by Crippen LogP contribution is 2.42. The summed E-state index contributed by atoms with van der Waals surface area (Å²) in [4.78, 5) is 0.0779. The summed E-state index contributed by atoms with van der Waals surface area (Å²) in [6.07, 6.45) is 1.18. The van der Waals surface area contributed by atoms with Crippen molar-refractivity contribution in [2.24, 2.45) is 5.41 Å². The van der Waals surface area contributed by atoms with E-state index in [1.165, 1.54) is 12.1 Å². The smallest absolute Gasteiger partial charge is 0.175 e. The van der Waals surface area contributed by atoms with Gasteiger partial charge >= 0.3 is 0 Å². The fourth-order valence-electron chi connectivity index (χ4n) is 2.18. The molecule has 1 aromatic carbocycles. The molecule has 1 aliphatic rings. The Morgan fingerprint density at radius 2 is 2.05 bits per heavy atom. The third-order valence-electron chi connectivity index (χ3n) is 3.91. The van der Waals surface area contributed by atoms with Crippen molar-refractivity contribution in [2.75, 3.05) is 11.6 Å². The number of benzene rings is 1. The zero-order valence-electron chi connectivity index (χ0n) is 11.1. The Morgan fingerprint density at radius 3 is 2.53 bits per heavy atom. The summed E-state index contributed by atoms with van der Waals surface area (Å²) in [6.45, 7) is 3.77. The van der Waals surface area contributed by atoms with Crippen LogP contribution in [0.1, 0.15) is 20.3 Å². The Morgan fingerprint density at radius 1 is 1.42 bits per heavy atom. The van der Waals surface area contributed by atoms with Crippen LogP contribution in [-0.2, 0) is 9.84 Å². The Labute approximate surface area is 112 Å². The quantitative estimate of drug-likeness (QED) is 0.832. The third-order valence-corrected chi connectivity index (χ3v) is 5.02. The number of hydrogen-bond acceptors (Lipinski definition) is 4. The average molecular weight is 287 g/mol. The fraction of sp³-hybridized carbons (Fsp3) is 0.538. The molecule has 19 heavy (non-hydrogen) atoms. The monoisotopic (exact) mass is 287 g/mol. The molecule has 2 unspecified atom stereocenters. The molecule has 0 bridgehead atoms. The SMILES string of the molecule is CC1(C)C(O)CC1Nc1cc(S(C)(=O)=O)ccc1F. The van der Waals surface area contributed by atoms with E-state index < -0.39 is 21.8 Å². The first-order chi connectivity index (χ1) is 8.62. The predicted molar refractivity (Wildman–Crippen MR) is 71.3 cm³/mol. The van der Waals surface area contributed by atoms with Gasteiger partial charge in [-0.25, -0.2) is 12.8 Å². The first kappa shape index (κ1) is 14.3. The van der Waals surface area contributed by atoms with Gasteiger partial charge in [0.1, 0.15) is 5.82 Å². The minimum atomic E-state index is -3.36. The van der Waals surface area contributed by atoms with Gasteiger partial charge < -0.3 is 10.4 Å². The first-order valence-electron chi connectivity index (χ1n) is 6.06. The van der Waals surface area contributed by atoms with Crippen LogP contribution in [0.3, 0.4) is 0 Å². The van der Waals surface area contributed by atoms with Crippen LogP contribution in [0.4, 0.5) is 10.1 Å². The molecular formula is C13H18FNO3S. The molecule has 1 aliphatic carbocycles. The molecular weight excluding hydrogens is 269 g/mol. The van der Waals surface area contributed by atoms with Gasteiger partial charge in [-0.1, -0.05) is 13.8 Å². The maximum absolute atomic E-state index is 13.7. The van der Waals surface area contributed by atoms with E-state index in [-0.39, 0.29) is 22.0 Å². The number of halogens is 1. The van der Waals surface area contributed by atoms with Crippen molar-refractivity contribution in [3.8, 4) is 0 Å². The largest absolute Gasteiger partial charge is 0.392 e. The van der Waals surface area contributed by atoms with Gasteiger partial charge in [-0.15, -0.1) is 0 Å². The lowest BCUT2D eigenvalue weighted by Gasteiger charge is -2.49. The Hall–Kier alpha value is -1.14. The topological polar surface area (TPSA) is 66.4 Å². The molecule has 1 saturated carbocycles. The Balaban J connectivity index is 2.26. The van der Waals surface area contributed by atoms with Gasteiger partial charge in [0.2, 0.25) is 0 Å². The third kappa shape index (κ3) is 2.60. The van der Waals surface area contributed by atoms with E-state index in [4.69, 9.17) is 0 Å². The van der Waals surface area contributed by atoms with E-state index in [0.717, 1.165) is 12.3 Å². The molecule has 0 heterocycles. The van der Waals surface area contributed by atoms with Crippen LogP contribution in [0.25, 0.3) is 0 Å². The van der Waals surface area contributed by atoms with Gasteiger partial charge in [0.25, 0.3) is 0 Å². The number of anilines is 1. The van der Waals surface area contributed by atoms with Crippen LogP contribution in [-0.4, -0.2) is 31.9 Å². The van der Waals surface area contributed by atoms with Crippen LogP contribution < -0.4 is 5.32 Å². The minimum Gasteiger partial charge on any atom is -0.392 e. The van der Waals surface area contributed by atoms with Gasteiger partial charge in [-0.3, -0.25) is 0 Å². The highest BCUT2D eigenvalue weighted by atomic mass is 32.2. The van der Waals surface area contributed by atoms with Crippen LogP contribution in [0.5, 0.6) is 0 Å². The summed E-state index contributed by atoms with van der Waals surface area (Å²) < 4.78 is 36.6. The minimum absolute atomic E-state index is 0.0770. The van der Waals surface area contributed by atoms with Crippen LogP contribution in [0, 0.1) is 11.2 Å². The van der Waals surface area contributed by atoms with Gasteiger partial charge in [0.05, 0.1) is 16.7 Å². The van der Waals surface area contributed by atoms with Crippen molar-refractivity contribution in [1.29, 1.82) is 0 Å². The molecule has 6 heteroatoms. The molecule has 2 rings (SSSR count). The van der Waals surface area contributed by atoms with Crippen LogP contribution >= 0.6 is 0 Å². The van der Waals surface area contributed by atoms with Gasteiger partial charge in [0, 0.05) is 17.7 Å². The average Bonchev–Trinajstić information content (AvgIpc) is 2.29. The number of aliphatic hydroxyl groups excluding tert-OH is 1. The molecule has 2 atom stereocenters. The highest BCUT2D eigenvalue weighted by Gasteiger charge is 2.47. The lowest BCUT2D eigenvalue weighted by Crippen LogP contribution is -2.57. The van der Waals surface area contributed by atoms with Crippen molar-refractivity contribution < 1.29 is 17.9 Å². The van der Waals surface area contributed by atoms with E-state index in [1.54, 1.807) is 0 Å². The summed E-state index contributed by atoms with van der Waals surface area (Å²) in [6, 6.07) is 3.61. The van der Waals surface area contributed by atoms with Crippen molar-refractivity contribution in [1.82, 2.24) is 0 Å². The molecule has 0 radical (unpaired) electrons. The molecule has 0 aliphatic heterocycles. The molecule has 0 amide bonds. The van der Waals surface area contributed by atoms with Crippen molar-refractivity contribution in [3.63, 3.8) is 0 Å². The molecule has 0 aromatic heterocycles.